The van der Waals surface area contributed by atoms with E-state index in [1.54, 1.807) is 30.3 Å². The van der Waals surface area contributed by atoms with Crippen LogP contribution in [0.15, 0.2) is 41.3 Å². The Balaban J connectivity index is 1.52. The van der Waals surface area contributed by atoms with E-state index < -0.39 is 11.5 Å². The van der Waals surface area contributed by atoms with Gasteiger partial charge >= 0.3 is 0 Å². The quantitative estimate of drug-likeness (QED) is 0.634. The topological polar surface area (TPSA) is 126 Å². The first-order valence-corrected chi connectivity index (χ1v) is 7.79. The lowest BCUT2D eigenvalue weighted by molar-refractivity contribution is -0.118. The van der Waals surface area contributed by atoms with Crippen molar-refractivity contribution in [3.63, 3.8) is 0 Å². The minimum atomic E-state index is -0.535. The Hall–Kier alpha value is -3.75. The number of carbonyl (C=O) groups is 2. The van der Waals surface area contributed by atoms with E-state index in [9.17, 15) is 14.4 Å². The maximum atomic E-state index is 12.3. The van der Waals surface area contributed by atoms with Crippen LogP contribution in [0.3, 0.4) is 0 Å². The van der Waals surface area contributed by atoms with E-state index in [-0.39, 0.29) is 30.5 Å². The lowest BCUT2D eigenvalue weighted by Crippen LogP contribution is -2.28. The van der Waals surface area contributed by atoms with E-state index in [0.717, 1.165) is 5.56 Å². The number of amides is 2. The third-order valence-electron chi connectivity index (χ3n) is 3.83. The van der Waals surface area contributed by atoms with E-state index in [1.165, 1.54) is 6.20 Å². The van der Waals surface area contributed by atoms with Gasteiger partial charge in [0.25, 0.3) is 17.4 Å². The molecule has 9 heteroatoms. The number of pyridine rings is 1. The average Bonchev–Trinajstić information content (AvgIpc) is 2.65. The summed E-state index contributed by atoms with van der Waals surface area (Å²) in [5, 5.41) is 5.69. The van der Waals surface area contributed by atoms with Gasteiger partial charge in [-0.05, 0) is 29.8 Å². The van der Waals surface area contributed by atoms with Crippen molar-refractivity contribution in [3.05, 3.63) is 58.3 Å². The number of hydrogen-bond acceptors (Lipinski definition) is 6. The maximum absolute atomic E-state index is 12.3. The molecule has 0 spiro atoms. The lowest BCUT2D eigenvalue weighted by Gasteiger charge is -2.18. The molecule has 26 heavy (non-hydrogen) atoms. The van der Waals surface area contributed by atoms with Crippen molar-refractivity contribution in [2.75, 3.05) is 11.9 Å². The van der Waals surface area contributed by atoms with Crippen molar-refractivity contribution in [1.29, 1.82) is 0 Å². The van der Waals surface area contributed by atoms with Crippen LogP contribution >= 0.6 is 0 Å². The SMILES string of the molecule is O=C1COc2ccc(CNC(=O)c3nc4ncccc4c(=O)[nH]3)cc2N1. The fraction of sp³-hybridized carbons (Fsp3) is 0.118. The third-order valence-corrected chi connectivity index (χ3v) is 3.83. The molecule has 0 aliphatic carbocycles. The van der Waals surface area contributed by atoms with Crippen LogP contribution in [0.5, 0.6) is 5.75 Å². The van der Waals surface area contributed by atoms with Crippen molar-refractivity contribution >= 4 is 28.5 Å². The fourth-order valence-electron chi connectivity index (χ4n) is 2.59. The molecule has 0 atom stereocenters. The third kappa shape index (κ3) is 2.97. The van der Waals surface area contributed by atoms with E-state index in [1.807, 2.05) is 0 Å². The van der Waals surface area contributed by atoms with Gasteiger partial charge in [0.2, 0.25) is 5.82 Å². The highest BCUT2D eigenvalue weighted by molar-refractivity contribution is 5.95. The summed E-state index contributed by atoms with van der Waals surface area (Å²) in [5.41, 5.74) is 1.08. The molecule has 2 aromatic heterocycles. The standard InChI is InChI=1S/C17H13N5O4/c23-13-8-26-12-4-3-9(6-11(12)20-13)7-19-17(25)15-21-14-10(16(24)22-15)2-1-5-18-14/h1-6H,7-8H2,(H,19,25)(H,20,23)(H,18,21,22,24). The highest BCUT2D eigenvalue weighted by Gasteiger charge is 2.16. The molecule has 3 N–H and O–H groups in total. The molecular weight excluding hydrogens is 338 g/mol. The predicted molar refractivity (Wildman–Crippen MR) is 91.9 cm³/mol. The van der Waals surface area contributed by atoms with Crippen LogP contribution < -0.4 is 20.9 Å². The number of H-pyrrole nitrogens is 1. The molecular formula is C17H13N5O4. The highest BCUT2D eigenvalue weighted by Crippen LogP contribution is 2.28. The summed E-state index contributed by atoms with van der Waals surface area (Å²) in [7, 11) is 0. The molecule has 2 amide bonds. The number of aromatic amines is 1. The number of hydrogen-bond donors (Lipinski definition) is 3. The zero-order chi connectivity index (χ0) is 18.1. The number of anilines is 1. The number of rotatable bonds is 3. The normalized spacial score (nSPS) is 12.8. The van der Waals surface area contributed by atoms with Crippen LogP contribution in [0.4, 0.5) is 5.69 Å². The van der Waals surface area contributed by atoms with E-state index in [0.29, 0.717) is 16.8 Å². The number of benzene rings is 1. The number of nitrogens with zero attached hydrogens (tertiary/aromatic N) is 2. The van der Waals surface area contributed by atoms with Crippen molar-refractivity contribution in [2.24, 2.45) is 0 Å². The molecule has 3 aromatic rings. The monoisotopic (exact) mass is 351 g/mol. The van der Waals surface area contributed by atoms with Gasteiger partial charge in [-0.1, -0.05) is 6.07 Å². The van der Waals surface area contributed by atoms with Crippen molar-refractivity contribution in [1.82, 2.24) is 20.3 Å². The van der Waals surface area contributed by atoms with Gasteiger partial charge in [0, 0.05) is 12.7 Å². The van der Waals surface area contributed by atoms with Gasteiger partial charge in [0.05, 0.1) is 11.1 Å². The van der Waals surface area contributed by atoms with Crippen molar-refractivity contribution < 1.29 is 14.3 Å². The van der Waals surface area contributed by atoms with E-state index in [4.69, 9.17) is 4.74 Å². The van der Waals surface area contributed by atoms with E-state index in [2.05, 4.69) is 25.6 Å². The van der Waals surface area contributed by atoms with Crippen molar-refractivity contribution in [3.8, 4) is 5.75 Å². The first-order valence-electron chi connectivity index (χ1n) is 7.79. The van der Waals surface area contributed by atoms with Gasteiger partial charge in [-0.3, -0.25) is 14.4 Å². The van der Waals surface area contributed by atoms with Crippen LogP contribution in [0.1, 0.15) is 16.2 Å². The zero-order valence-electron chi connectivity index (χ0n) is 13.4. The Morgan fingerprint density at radius 3 is 3.04 bits per heavy atom. The number of ether oxygens (including phenoxy) is 1. The number of fused-ring (bicyclic) bond motifs is 2. The minimum absolute atomic E-state index is 0.0158. The van der Waals surface area contributed by atoms with Gasteiger partial charge in [-0.2, -0.15) is 0 Å². The summed E-state index contributed by atoms with van der Waals surface area (Å²) in [5.74, 6) is -0.307. The molecule has 1 aliphatic rings. The molecule has 0 fully saturated rings. The largest absolute Gasteiger partial charge is 0.482 e. The summed E-state index contributed by atoms with van der Waals surface area (Å²) in [6, 6.07) is 8.41. The Morgan fingerprint density at radius 2 is 2.15 bits per heavy atom. The summed E-state index contributed by atoms with van der Waals surface area (Å²) in [6.07, 6.45) is 1.50. The Morgan fingerprint density at radius 1 is 1.27 bits per heavy atom. The maximum Gasteiger partial charge on any atom is 0.287 e. The lowest BCUT2D eigenvalue weighted by atomic mass is 10.1. The minimum Gasteiger partial charge on any atom is -0.482 e. The first-order chi connectivity index (χ1) is 12.6. The number of carbonyl (C=O) groups excluding carboxylic acids is 2. The van der Waals surface area contributed by atoms with Gasteiger partial charge in [0.15, 0.2) is 12.3 Å². The average molecular weight is 351 g/mol. The summed E-state index contributed by atoms with van der Waals surface area (Å²) in [4.78, 5) is 46.2. The fourth-order valence-corrected chi connectivity index (χ4v) is 2.59. The molecule has 0 saturated carbocycles. The van der Waals surface area contributed by atoms with Gasteiger partial charge in [0.1, 0.15) is 5.75 Å². The Labute approximate surface area is 146 Å². The Kier molecular flexibility index (Phi) is 3.81. The number of nitrogens with one attached hydrogen (secondary N) is 3. The van der Waals surface area contributed by atoms with Gasteiger partial charge in [-0.25, -0.2) is 9.97 Å². The molecule has 0 radical (unpaired) electrons. The summed E-state index contributed by atoms with van der Waals surface area (Å²) in [6.45, 7) is 0.171. The number of aromatic nitrogens is 3. The second-order valence-corrected chi connectivity index (χ2v) is 5.64. The van der Waals surface area contributed by atoms with Gasteiger partial charge < -0.3 is 20.4 Å². The van der Waals surface area contributed by atoms with Crippen LogP contribution in [-0.2, 0) is 11.3 Å². The van der Waals surface area contributed by atoms with Crippen LogP contribution in [-0.4, -0.2) is 33.4 Å². The molecule has 1 aromatic carbocycles. The first kappa shape index (κ1) is 15.8. The molecule has 130 valence electrons. The smallest absolute Gasteiger partial charge is 0.287 e. The predicted octanol–water partition coefficient (Wildman–Crippen LogP) is 0.579. The zero-order valence-corrected chi connectivity index (χ0v) is 13.4. The van der Waals surface area contributed by atoms with E-state index >= 15 is 0 Å². The summed E-state index contributed by atoms with van der Waals surface area (Å²) < 4.78 is 5.28. The summed E-state index contributed by atoms with van der Waals surface area (Å²) >= 11 is 0. The molecule has 9 nitrogen and oxygen atoms in total. The van der Waals surface area contributed by atoms with Crippen LogP contribution in [0.25, 0.3) is 11.0 Å². The van der Waals surface area contributed by atoms with Crippen LogP contribution in [0, 0.1) is 0 Å². The highest BCUT2D eigenvalue weighted by atomic mass is 16.5. The van der Waals surface area contributed by atoms with Crippen molar-refractivity contribution in [2.45, 2.75) is 6.54 Å². The molecule has 0 unspecified atom stereocenters. The molecule has 3 heterocycles. The molecule has 4 rings (SSSR count). The van der Waals surface area contributed by atoms with Gasteiger partial charge in [-0.15, -0.1) is 0 Å². The second-order valence-electron chi connectivity index (χ2n) is 5.64. The molecule has 1 aliphatic heterocycles. The molecule has 0 bridgehead atoms. The Bertz CT molecular complexity index is 1090. The van der Waals surface area contributed by atoms with Crippen LogP contribution in [0.2, 0.25) is 0 Å². The molecule has 0 saturated heterocycles. The second kappa shape index (κ2) is 6.28.